The van der Waals surface area contributed by atoms with E-state index in [9.17, 15) is 13.5 Å². The summed E-state index contributed by atoms with van der Waals surface area (Å²) in [6.07, 6.45) is 2.42. The van der Waals surface area contributed by atoms with Crippen LogP contribution in [0.5, 0.6) is 0 Å². The van der Waals surface area contributed by atoms with E-state index in [0.717, 1.165) is 12.8 Å². The molecular weight excluding hydrogens is 266 g/mol. The molecule has 0 aromatic carbocycles. The van der Waals surface area contributed by atoms with Gasteiger partial charge in [0.1, 0.15) is 4.90 Å². The van der Waals surface area contributed by atoms with E-state index in [1.807, 2.05) is 0 Å². The largest absolute Gasteiger partial charge is 0.393 e. The van der Waals surface area contributed by atoms with Crippen LogP contribution in [-0.2, 0) is 10.0 Å². The highest BCUT2D eigenvalue weighted by molar-refractivity contribution is 7.89. The minimum absolute atomic E-state index is 0.0625. The summed E-state index contributed by atoms with van der Waals surface area (Å²) in [5.74, 6) is 0. The van der Waals surface area contributed by atoms with E-state index in [0.29, 0.717) is 29.1 Å². The van der Waals surface area contributed by atoms with E-state index in [1.54, 1.807) is 18.2 Å². The summed E-state index contributed by atoms with van der Waals surface area (Å²) >= 11 is 0. The zero-order valence-electron chi connectivity index (χ0n) is 11.1. The molecule has 1 aromatic rings. The third kappa shape index (κ3) is 1.91. The smallest absolute Gasteiger partial charge is 0.247 e. The Balaban J connectivity index is 2.03. The fourth-order valence-electron chi connectivity index (χ4n) is 3.52. The van der Waals surface area contributed by atoms with Gasteiger partial charge >= 0.3 is 0 Å². The monoisotopic (exact) mass is 285 g/mol. The Hall–Kier alpha value is -0.920. The topological polar surface area (TPSA) is 86.3 Å². The van der Waals surface area contributed by atoms with Gasteiger partial charge in [-0.25, -0.2) is 8.42 Å². The molecule has 1 aromatic heterocycles. The molecule has 0 amide bonds. The van der Waals surface area contributed by atoms with Crippen LogP contribution in [0.15, 0.2) is 4.90 Å². The van der Waals surface area contributed by atoms with Crippen LogP contribution in [-0.4, -0.2) is 46.2 Å². The van der Waals surface area contributed by atoms with Gasteiger partial charge < -0.3 is 5.11 Å². The Morgan fingerprint density at radius 3 is 2.32 bits per heavy atom. The lowest BCUT2D eigenvalue weighted by Gasteiger charge is -2.36. The van der Waals surface area contributed by atoms with Crippen LogP contribution < -0.4 is 0 Å². The van der Waals surface area contributed by atoms with Crippen molar-refractivity contribution < 1.29 is 13.5 Å². The molecule has 2 N–H and O–H groups in total. The number of nitrogens with zero attached hydrogens (tertiary/aromatic N) is 2. The number of nitrogens with one attached hydrogen (secondary N) is 1. The van der Waals surface area contributed by atoms with Gasteiger partial charge in [-0.05, 0) is 39.5 Å². The van der Waals surface area contributed by atoms with Gasteiger partial charge in [0.25, 0.3) is 0 Å². The van der Waals surface area contributed by atoms with Gasteiger partial charge in [-0.15, -0.1) is 0 Å². The molecule has 0 radical (unpaired) electrons. The molecule has 6 nitrogen and oxygen atoms in total. The van der Waals surface area contributed by atoms with E-state index in [4.69, 9.17) is 0 Å². The quantitative estimate of drug-likeness (QED) is 0.837. The highest BCUT2D eigenvalue weighted by atomic mass is 32.2. The Morgan fingerprint density at radius 1 is 1.26 bits per heavy atom. The van der Waals surface area contributed by atoms with Gasteiger partial charge in [0.2, 0.25) is 10.0 Å². The van der Waals surface area contributed by atoms with Crippen LogP contribution in [0.2, 0.25) is 0 Å². The number of fused-ring (bicyclic) bond motifs is 2. The summed E-state index contributed by atoms with van der Waals surface area (Å²) in [5.41, 5.74) is 1.10. The molecule has 2 saturated heterocycles. The fourth-order valence-corrected chi connectivity index (χ4v) is 5.75. The minimum atomic E-state index is -3.51. The first-order chi connectivity index (χ1) is 8.91. The Bertz CT molecular complexity index is 562. The van der Waals surface area contributed by atoms with E-state index < -0.39 is 10.0 Å². The highest BCUT2D eigenvalue weighted by Gasteiger charge is 2.47. The zero-order valence-corrected chi connectivity index (χ0v) is 11.9. The summed E-state index contributed by atoms with van der Waals surface area (Å²) in [6.45, 7) is 3.44. The third-order valence-electron chi connectivity index (χ3n) is 4.24. The van der Waals surface area contributed by atoms with Crippen LogP contribution in [0.1, 0.15) is 37.1 Å². The molecule has 2 aliphatic rings. The van der Waals surface area contributed by atoms with Crippen molar-refractivity contribution in [3.8, 4) is 0 Å². The number of aromatic amines is 1. The predicted octanol–water partition coefficient (Wildman–Crippen LogP) is 0.703. The van der Waals surface area contributed by atoms with Crippen molar-refractivity contribution in [1.29, 1.82) is 0 Å². The van der Waals surface area contributed by atoms with Crippen molar-refractivity contribution in [2.45, 2.75) is 62.6 Å². The SMILES string of the molecule is Cc1n[nH]c(C)c1S(=O)(=O)N1C2CCC1CC(O)C2. The maximum absolute atomic E-state index is 12.8. The Labute approximate surface area is 112 Å². The van der Waals surface area contributed by atoms with Crippen molar-refractivity contribution >= 4 is 10.0 Å². The van der Waals surface area contributed by atoms with E-state index in [-0.39, 0.29) is 18.2 Å². The summed E-state index contributed by atoms with van der Waals surface area (Å²) in [7, 11) is -3.51. The van der Waals surface area contributed by atoms with Crippen LogP contribution in [0.3, 0.4) is 0 Å². The van der Waals surface area contributed by atoms with E-state index in [1.165, 1.54) is 0 Å². The summed E-state index contributed by atoms with van der Waals surface area (Å²) in [6, 6.07) is -0.125. The number of piperidine rings is 1. The molecule has 3 rings (SSSR count). The molecule has 7 heteroatoms. The number of hydrogen-bond donors (Lipinski definition) is 2. The van der Waals surface area contributed by atoms with Crippen molar-refractivity contribution in [2.24, 2.45) is 0 Å². The van der Waals surface area contributed by atoms with Gasteiger partial charge in [-0.3, -0.25) is 5.10 Å². The third-order valence-corrected chi connectivity index (χ3v) is 6.51. The molecule has 0 aliphatic carbocycles. The normalized spacial score (nSPS) is 31.8. The summed E-state index contributed by atoms with van der Waals surface area (Å²) in [5, 5.41) is 16.5. The molecule has 2 bridgehead atoms. The Kier molecular flexibility index (Phi) is 2.95. The average molecular weight is 285 g/mol. The molecule has 19 heavy (non-hydrogen) atoms. The second-order valence-corrected chi connectivity index (χ2v) is 7.39. The van der Waals surface area contributed by atoms with E-state index >= 15 is 0 Å². The van der Waals surface area contributed by atoms with Gasteiger partial charge in [0.05, 0.1) is 17.5 Å². The highest BCUT2D eigenvalue weighted by Crippen LogP contribution is 2.40. The number of rotatable bonds is 2. The number of sulfonamides is 1. The minimum Gasteiger partial charge on any atom is -0.393 e. The molecule has 2 unspecified atom stereocenters. The summed E-state index contributed by atoms with van der Waals surface area (Å²) in [4.78, 5) is 0.306. The van der Waals surface area contributed by atoms with Gasteiger partial charge in [0, 0.05) is 12.1 Å². The van der Waals surface area contributed by atoms with Gasteiger partial charge in [-0.2, -0.15) is 9.40 Å². The van der Waals surface area contributed by atoms with Crippen molar-refractivity contribution in [3.63, 3.8) is 0 Å². The molecule has 106 valence electrons. The predicted molar refractivity (Wildman–Crippen MR) is 69.1 cm³/mol. The number of aryl methyl sites for hydroxylation is 2. The van der Waals surface area contributed by atoms with Crippen LogP contribution >= 0.6 is 0 Å². The van der Waals surface area contributed by atoms with Crippen LogP contribution in [0.4, 0.5) is 0 Å². The molecule has 0 spiro atoms. The molecule has 2 fully saturated rings. The number of aromatic nitrogens is 2. The standard InChI is InChI=1S/C12H19N3O3S/c1-7-12(8(2)14-13-7)19(17,18)15-9-3-4-10(15)6-11(16)5-9/h9-11,16H,3-6H2,1-2H3,(H,13,14). The first-order valence-electron chi connectivity index (χ1n) is 6.64. The van der Waals surface area contributed by atoms with Gasteiger partial charge in [0.15, 0.2) is 0 Å². The second kappa shape index (κ2) is 4.29. The number of aliphatic hydroxyl groups is 1. The lowest BCUT2D eigenvalue weighted by Crippen LogP contribution is -2.48. The van der Waals surface area contributed by atoms with Gasteiger partial charge in [-0.1, -0.05) is 0 Å². The molecule has 2 aliphatic heterocycles. The maximum atomic E-state index is 12.8. The summed E-state index contributed by atoms with van der Waals surface area (Å²) < 4.78 is 27.3. The first-order valence-corrected chi connectivity index (χ1v) is 8.08. The van der Waals surface area contributed by atoms with Crippen molar-refractivity contribution in [2.75, 3.05) is 0 Å². The lowest BCUT2D eigenvalue weighted by atomic mass is 10.0. The van der Waals surface area contributed by atoms with Crippen molar-refractivity contribution in [3.05, 3.63) is 11.4 Å². The second-order valence-electron chi connectivity index (χ2n) is 5.61. The number of aliphatic hydroxyl groups excluding tert-OH is 1. The maximum Gasteiger partial charge on any atom is 0.247 e. The number of hydrogen-bond acceptors (Lipinski definition) is 4. The zero-order chi connectivity index (χ0) is 13.8. The number of H-pyrrole nitrogens is 1. The van der Waals surface area contributed by atoms with Crippen LogP contribution in [0.25, 0.3) is 0 Å². The van der Waals surface area contributed by atoms with E-state index in [2.05, 4.69) is 10.2 Å². The van der Waals surface area contributed by atoms with Crippen molar-refractivity contribution in [1.82, 2.24) is 14.5 Å². The average Bonchev–Trinajstić information content (AvgIpc) is 2.79. The molecule has 2 atom stereocenters. The fraction of sp³-hybridized carbons (Fsp3) is 0.750. The molecular formula is C12H19N3O3S. The molecule has 3 heterocycles. The first kappa shape index (κ1) is 13.1. The molecule has 0 saturated carbocycles. The van der Waals surface area contributed by atoms with Crippen LogP contribution in [0, 0.1) is 13.8 Å². The Morgan fingerprint density at radius 2 is 1.84 bits per heavy atom. The lowest BCUT2D eigenvalue weighted by molar-refractivity contribution is 0.0768.